The fourth-order valence-electron chi connectivity index (χ4n) is 1.04. The molecule has 0 amide bonds. The zero-order valence-electron chi connectivity index (χ0n) is 7.65. The lowest BCUT2D eigenvalue weighted by Crippen LogP contribution is -2.01. The molecule has 0 aromatic carbocycles. The Labute approximate surface area is 97.0 Å². The quantitative estimate of drug-likeness (QED) is 0.633. The molecule has 0 bridgehead atoms. The Morgan fingerprint density at radius 1 is 1.69 bits per heavy atom. The molecule has 0 atom stereocenters. The SMILES string of the molecule is N#CCc1cc([N+](=O)[O-])c(Br)c(C(F)F)n1. The predicted molar refractivity (Wildman–Crippen MR) is 52.9 cm³/mol. The third-order valence-electron chi connectivity index (χ3n) is 1.68. The zero-order chi connectivity index (χ0) is 12.3. The van der Waals surface area contributed by atoms with Gasteiger partial charge in [0.1, 0.15) is 10.2 Å². The molecule has 8 heteroatoms. The van der Waals surface area contributed by atoms with Gasteiger partial charge in [-0.2, -0.15) is 5.26 Å². The van der Waals surface area contributed by atoms with E-state index in [-0.39, 0.29) is 16.6 Å². The van der Waals surface area contributed by atoms with E-state index in [0.29, 0.717) is 0 Å². The highest BCUT2D eigenvalue weighted by atomic mass is 79.9. The van der Waals surface area contributed by atoms with Crippen molar-refractivity contribution in [2.45, 2.75) is 12.8 Å². The zero-order valence-corrected chi connectivity index (χ0v) is 9.24. The molecular formula is C8H4BrF2N3O2. The fraction of sp³-hybridized carbons (Fsp3) is 0.250. The van der Waals surface area contributed by atoms with Crippen molar-refractivity contribution in [3.63, 3.8) is 0 Å². The van der Waals surface area contributed by atoms with E-state index in [4.69, 9.17) is 5.26 Å². The highest BCUT2D eigenvalue weighted by molar-refractivity contribution is 9.10. The van der Waals surface area contributed by atoms with Crippen molar-refractivity contribution in [1.29, 1.82) is 5.26 Å². The maximum Gasteiger partial charge on any atom is 0.287 e. The average molecular weight is 292 g/mol. The van der Waals surface area contributed by atoms with Gasteiger partial charge in [-0.3, -0.25) is 10.1 Å². The van der Waals surface area contributed by atoms with Crippen molar-refractivity contribution in [2.24, 2.45) is 0 Å². The molecule has 84 valence electrons. The first kappa shape index (κ1) is 12.4. The van der Waals surface area contributed by atoms with Crippen molar-refractivity contribution in [2.75, 3.05) is 0 Å². The van der Waals surface area contributed by atoms with Crippen LogP contribution in [-0.2, 0) is 6.42 Å². The van der Waals surface area contributed by atoms with Gasteiger partial charge in [0, 0.05) is 6.07 Å². The first-order valence-electron chi connectivity index (χ1n) is 3.96. The minimum atomic E-state index is -2.94. The molecule has 0 aliphatic heterocycles. The van der Waals surface area contributed by atoms with Crippen molar-refractivity contribution >= 4 is 21.6 Å². The van der Waals surface area contributed by atoms with Crippen LogP contribution in [0.15, 0.2) is 10.5 Å². The molecule has 0 saturated carbocycles. The fourth-order valence-corrected chi connectivity index (χ4v) is 1.56. The minimum absolute atomic E-state index is 0.0484. The van der Waals surface area contributed by atoms with E-state index in [0.717, 1.165) is 6.07 Å². The van der Waals surface area contributed by atoms with E-state index in [9.17, 15) is 18.9 Å². The topological polar surface area (TPSA) is 79.8 Å². The second-order valence-corrected chi connectivity index (χ2v) is 3.52. The Balaban J connectivity index is 3.40. The van der Waals surface area contributed by atoms with E-state index < -0.39 is 22.7 Å². The molecule has 1 heterocycles. The molecule has 1 rings (SSSR count). The summed E-state index contributed by atoms with van der Waals surface area (Å²) >= 11 is 2.70. The van der Waals surface area contributed by atoms with E-state index >= 15 is 0 Å². The first-order chi connectivity index (χ1) is 7.47. The van der Waals surface area contributed by atoms with Crippen molar-refractivity contribution in [1.82, 2.24) is 4.98 Å². The first-order valence-corrected chi connectivity index (χ1v) is 4.75. The number of halogens is 3. The highest BCUT2D eigenvalue weighted by Crippen LogP contribution is 2.33. The summed E-state index contributed by atoms with van der Waals surface area (Å²) in [5.74, 6) is 0. The average Bonchev–Trinajstić information content (AvgIpc) is 2.19. The second-order valence-electron chi connectivity index (χ2n) is 2.72. The highest BCUT2D eigenvalue weighted by Gasteiger charge is 2.24. The largest absolute Gasteiger partial charge is 0.287 e. The Bertz CT molecular complexity index is 473. The van der Waals surface area contributed by atoms with Crippen LogP contribution < -0.4 is 0 Å². The molecule has 0 aliphatic rings. The smallest absolute Gasteiger partial charge is 0.258 e. The molecule has 5 nitrogen and oxygen atoms in total. The predicted octanol–water partition coefficient (Wildman–Crippen LogP) is 2.76. The van der Waals surface area contributed by atoms with Gasteiger partial charge in [-0.05, 0) is 15.9 Å². The maximum absolute atomic E-state index is 12.5. The number of hydrogen-bond donors (Lipinski definition) is 0. The molecular weight excluding hydrogens is 288 g/mol. The van der Waals surface area contributed by atoms with Crippen LogP contribution in [0.3, 0.4) is 0 Å². The van der Waals surface area contributed by atoms with Crippen molar-refractivity contribution in [3.05, 3.63) is 32.0 Å². The van der Waals surface area contributed by atoms with Crippen molar-refractivity contribution < 1.29 is 13.7 Å². The summed E-state index contributed by atoms with van der Waals surface area (Å²) in [4.78, 5) is 13.2. The Morgan fingerprint density at radius 2 is 2.31 bits per heavy atom. The van der Waals surface area contributed by atoms with Gasteiger partial charge < -0.3 is 0 Å². The van der Waals surface area contributed by atoms with Crippen LogP contribution in [0.5, 0.6) is 0 Å². The summed E-state index contributed by atoms with van der Waals surface area (Å²) in [6, 6.07) is 2.69. The molecule has 0 unspecified atom stereocenters. The van der Waals surface area contributed by atoms with Gasteiger partial charge in [-0.15, -0.1) is 0 Å². The standard InChI is InChI=1S/C8H4BrF2N3O2/c9-6-5(14(15)16)3-4(1-2-12)13-7(6)8(10)11/h3,8H,1H2. The van der Waals surface area contributed by atoms with Crippen LogP contribution in [0, 0.1) is 21.4 Å². The molecule has 0 fully saturated rings. The van der Waals surface area contributed by atoms with Crippen LogP contribution in [0.2, 0.25) is 0 Å². The van der Waals surface area contributed by atoms with Crippen molar-refractivity contribution in [3.8, 4) is 6.07 Å². The molecule has 0 aliphatic carbocycles. The Hall–Kier alpha value is -1.62. The van der Waals surface area contributed by atoms with E-state index in [1.165, 1.54) is 0 Å². The molecule has 1 aromatic heterocycles. The van der Waals surface area contributed by atoms with Gasteiger partial charge in [0.05, 0.1) is 23.1 Å². The van der Waals surface area contributed by atoms with Crippen LogP contribution >= 0.6 is 15.9 Å². The number of pyridine rings is 1. The van der Waals surface area contributed by atoms with Gasteiger partial charge in [0.2, 0.25) is 0 Å². The van der Waals surface area contributed by atoms with Crippen LogP contribution in [-0.4, -0.2) is 9.91 Å². The lowest BCUT2D eigenvalue weighted by Gasteiger charge is -2.05. The second kappa shape index (κ2) is 4.94. The summed E-state index contributed by atoms with van der Waals surface area (Å²) in [6.45, 7) is 0. The molecule has 0 spiro atoms. The minimum Gasteiger partial charge on any atom is -0.258 e. The monoisotopic (exact) mass is 291 g/mol. The van der Waals surface area contributed by atoms with E-state index in [2.05, 4.69) is 20.9 Å². The summed E-state index contributed by atoms with van der Waals surface area (Å²) in [5.41, 5.74) is -1.29. The molecule has 0 N–H and O–H groups in total. The third-order valence-corrected chi connectivity index (χ3v) is 2.49. The lowest BCUT2D eigenvalue weighted by atomic mass is 10.2. The van der Waals surface area contributed by atoms with E-state index in [1.807, 2.05) is 0 Å². The number of alkyl halides is 2. The van der Waals surface area contributed by atoms with Crippen LogP contribution in [0.25, 0.3) is 0 Å². The third kappa shape index (κ3) is 2.49. The number of nitrogens with zero attached hydrogens (tertiary/aromatic N) is 3. The molecule has 16 heavy (non-hydrogen) atoms. The summed E-state index contributed by atoms with van der Waals surface area (Å²) in [5, 5.41) is 19.0. The van der Waals surface area contributed by atoms with Gasteiger partial charge in [0.15, 0.2) is 0 Å². The molecule has 0 saturated heterocycles. The van der Waals surface area contributed by atoms with Crippen LogP contribution in [0.4, 0.5) is 14.5 Å². The number of aromatic nitrogens is 1. The molecule has 1 aromatic rings. The lowest BCUT2D eigenvalue weighted by molar-refractivity contribution is -0.385. The van der Waals surface area contributed by atoms with Gasteiger partial charge in [-0.1, -0.05) is 0 Å². The maximum atomic E-state index is 12.5. The summed E-state index contributed by atoms with van der Waals surface area (Å²) < 4.78 is 24.6. The number of rotatable bonds is 3. The Morgan fingerprint density at radius 3 is 2.75 bits per heavy atom. The summed E-state index contributed by atoms with van der Waals surface area (Å²) in [6.07, 6.45) is -3.19. The Kier molecular flexibility index (Phi) is 3.84. The number of nitriles is 1. The van der Waals surface area contributed by atoms with E-state index in [1.54, 1.807) is 6.07 Å². The van der Waals surface area contributed by atoms with Gasteiger partial charge in [0.25, 0.3) is 12.1 Å². The number of hydrogen-bond acceptors (Lipinski definition) is 4. The van der Waals surface area contributed by atoms with Gasteiger partial charge >= 0.3 is 0 Å². The van der Waals surface area contributed by atoms with Crippen LogP contribution in [0.1, 0.15) is 17.8 Å². The summed E-state index contributed by atoms with van der Waals surface area (Å²) in [7, 11) is 0. The number of nitro groups is 1. The normalized spacial score (nSPS) is 10.2. The molecule has 0 radical (unpaired) electrons. The van der Waals surface area contributed by atoms with Gasteiger partial charge in [-0.25, -0.2) is 13.8 Å².